The van der Waals surface area contributed by atoms with Gasteiger partial charge in [0.1, 0.15) is 0 Å². The molecule has 2 aromatic rings. The topological polar surface area (TPSA) is 28.7 Å². The summed E-state index contributed by atoms with van der Waals surface area (Å²) in [6, 6.07) is 2.19. The van der Waals surface area contributed by atoms with Crippen LogP contribution in [0.25, 0.3) is 10.9 Å². The van der Waals surface area contributed by atoms with Crippen molar-refractivity contribution in [2.24, 2.45) is 0 Å². The quantitative estimate of drug-likeness (QED) is 0.695. The molecule has 1 aromatic heterocycles. The Morgan fingerprint density at radius 1 is 1.29 bits per heavy atom. The summed E-state index contributed by atoms with van der Waals surface area (Å²) in [5, 5.41) is 6.94. The van der Waals surface area contributed by atoms with Crippen LogP contribution in [0.3, 0.4) is 0 Å². The van der Waals surface area contributed by atoms with Gasteiger partial charge in [-0.1, -0.05) is 0 Å². The zero-order valence-corrected chi connectivity index (χ0v) is 7.31. The molecule has 0 radical (unpaired) electrons. The highest BCUT2D eigenvalue weighted by Crippen LogP contribution is 2.32. The maximum atomic E-state index is 12.4. The monoisotopic (exact) mass is 200 g/mol. The third-order valence-electron chi connectivity index (χ3n) is 2.09. The van der Waals surface area contributed by atoms with Crippen molar-refractivity contribution < 1.29 is 13.2 Å². The van der Waals surface area contributed by atoms with E-state index >= 15 is 0 Å². The zero-order valence-electron chi connectivity index (χ0n) is 7.31. The van der Waals surface area contributed by atoms with Crippen LogP contribution >= 0.6 is 0 Å². The van der Waals surface area contributed by atoms with Crippen molar-refractivity contribution in [3.05, 3.63) is 29.5 Å². The summed E-state index contributed by atoms with van der Waals surface area (Å²) < 4.78 is 37.1. The molecular weight excluding hydrogens is 193 g/mol. The Balaban J connectivity index is 2.70. The highest BCUT2D eigenvalue weighted by atomic mass is 19.4. The van der Waals surface area contributed by atoms with E-state index in [1.807, 2.05) is 0 Å². The lowest BCUT2D eigenvalue weighted by Crippen LogP contribution is -2.04. The number of aromatic amines is 1. The molecule has 0 unspecified atom stereocenters. The Morgan fingerprint density at radius 3 is 2.64 bits per heavy atom. The minimum absolute atomic E-state index is 0.414. The molecule has 0 amide bonds. The second-order valence-electron chi connectivity index (χ2n) is 3.12. The summed E-state index contributed by atoms with van der Waals surface area (Å²) in [5.74, 6) is 0. The molecule has 0 aliphatic heterocycles. The first kappa shape index (κ1) is 9.05. The molecule has 5 heteroatoms. The number of halogens is 3. The van der Waals surface area contributed by atoms with Gasteiger partial charge in [-0.05, 0) is 24.6 Å². The molecule has 2 nitrogen and oxygen atoms in total. The Kier molecular flexibility index (Phi) is 1.77. The summed E-state index contributed by atoms with van der Waals surface area (Å²) in [6.07, 6.45) is -2.78. The first-order chi connectivity index (χ1) is 6.48. The second-order valence-corrected chi connectivity index (χ2v) is 3.12. The number of hydrogen-bond acceptors (Lipinski definition) is 1. The van der Waals surface area contributed by atoms with Crippen LogP contribution in [-0.4, -0.2) is 10.2 Å². The summed E-state index contributed by atoms with van der Waals surface area (Å²) in [4.78, 5) is 0. The fourth-order valence-electron chi connectivity index (χ4n) is 1.39. The molecule has 0 bridgehead atoms. The molecule has 0 aliphatic rings. The van der Waals surface area contributed by atoms with Gasteiger partial charge in [-0.2, -0.15) is 18.3 Å². The van der Waals surface area contributed by atoms with Crippen molar-refractivity contribution in [2.45, 2.75) is 13.1 Å². The molecule has 1 aromatic carbocycles. The first-order valence-electron chi connectivity index (χ1n) is 3.99. The van der Waals surface area contributed by atoms with Crippen molar-refractivity contribution in [2.75, 3.05) is 0 Å². The molecular formula is C9H7F3N2. The van der Waals surface area contributed by atoms with Gasteiger partial charge in [0.2, 0.25) is 0 Å². The molecule has 14 heavy (non-hydrogen) atoms. The molecule has 0 saturated heterocycles. The molecule has 0 spiro atoms. The molecule has 1 N–H and O–H groups in total. The number of H-pyrrole nitrogens is 1. The van der Waals surface area contributed by atoms with E-state index in [2.05, 4.69) is 10.2 Å². The van der Waals surface area contributed by atoms with Crippen LogP contribution in [0.5, 0.6) is 0 Å². The standard InChI is InChI=1S/C9H7F3N2/c1-5-2-6(9(10,11)12)3-8-7(5)4-13-14-8/h2-4H,1H3,(H,13,14). The van der Waals surface area contributed by atoms with Gasteiger partial charge < -0.3 is 0 Å². The number of nitrogens with one attached hydrogen (secondary N) is 1. The van der Waals surface area contributed by atoms with Gasteiger partial charge in [0.05, 0.1) is 17.3 Å². The molecule has 0 fully saturated rings. The van der Waals surface area contributed by atoms with Crippen LogP contribution in [0.15, 0.2) is 18.3 Å². The van der Waals surface area contributed by atoms with Crippen LogP contribution in [-0.2, 0) is 6.18 Å². The molecule has 0 aliphatic carbocycles. The summed E-state index contributed by atoms with van der Waals surface area (Å²) in [6.45, 7) is 1.63. The molecule has 2 rings (SSSR count). The summed E-state index contributed by atoms with van der Waals surface area (Å²) in [7, 11) is 0. The number of aromatic nitrogens is 2. The van der Waals surface area contributed by atoms with Crippen LogP contribution in [0, 0.1) is 6.92 Å². The normalized spacial score (nSPS) is 12.3. The Bertz CT molecular complexity index is 470. The highest BCUT2D eigenvalue weighted by molar-refractivity contribution is 5.82. The van der Waals surface area contributed by atoms with E-state index < -0.39 is 11.7 Å². The van der Waals surface area contributed by atoms with Gasteiger partial charge in [0, 0.05) is 5.39 Å². The largest absolute Gasteiger partial charge is 0.416 e. The van der Waals surface area contributed by atoms with Gasteiger partial charge in [0.15, 0.2) is 0 Å². The van der Waals surface area contributed by atoms with Crippen molar-refractivity contribution in [3.8, 4) is 0 Å². The van der Waals surface area contributed by atoms with Gasteiger partial charge in [0.25, 0.3) is 0 Å². The lowest BCUT2D eigenvalue weighted by molar-refractivity contribution is -0.137. The third-order valence-corrected chi connectivity index (χ3v) is 2.09. The van der Waals surface area contributed by atoms with Gasteiger partial charge >= 0.3 is 6.18 Å². The molecule has 74 valence electrons. The van der Waals surface area contributed by atoms with Crippen molar-refractivity contribution in [3.63, 3.8) is 0 Å². The maximum Gasteiger partial charge on any atom is 0.416 e. The van der Waals surface area contributed by atoms with Crippen LogP contribution in [0.4, 0.5) is 13.2 Å². The van der Waals surface area contributed by atoms with Crippen LogP contribution in [0.1, 0.15) is 11.1 Å². The minimum Gasteiger partial charge on any atom is -0.278 e. The molecule has 0 atom stereocenters. The Morgan fingerprint density at radius 2 is 2.00 bits per heavy atom. The van der Waals surface area contributed by atoms with E-state index in [1.165, 1.54) is 6.20 Å². The lowest BCUT2D eigenvalue weighted by atomic mass is 10.1. The second kappa shape index (κ2) is 2.73. The highest BCUT2D eigenvalue weighted by Gasteiger charge is 2.31. The number of nitrogens with zero attached hydrogens (tertiary/aromatic N) is 1. The summed E-state index contributed by atoms with van der Waals surface area (Å²) in [5.41, 5.74) is 0.340. The van der Waals surface area contributed by atoms with Gasteiger partial charge in [-0.3, -0.25) is 5.10 Å². The van der Waals surface area contributed by atoms with E-state index in [9.17, 15) is 13.2 Å². The van der Waals surface area contributed by atoms with Crippen molar-refractivity contribution in [1.82, 2.24) is 10.2 Å². The number of aryl methyl sites for hydroxylation is 1. The fraction of sp³-hybridized carbons (Fsp3) is 0.222. The van der Waals surface area contributed by atoms with Crippen LogP contribution in [0.2, 0.25) is 0 Å². The number of rotatable bonds is 0. The van der Waals surface area contributed by atoms with E-state index in [4.69, 9.17) is 0 Å². The summed E-state index contributed by atoms with van der Waals surface area (Å²) >= 11 is 0. The van der Waals surface area contributed by atoms with Crippen molar-refractivity contribution in [1.29, 1.82) is 0 Å². The first-order valence-corrected chi connectivity index (χ1v) is 3.99. The van der Waals surface area contributed by atoms with E-state index in [0.29, 0.717) is 11.1 Å². The molecule has 1 heterocycles. The van der Waals surface area contributed by atoms with Crippen molar-refractivity contribution >= 4 is 10.9 Å². The van der Waals surface area contributed by atoms with Gasteiger partial charge in [-0.25, -0.2) is 0 Å². The average Bonchev–Trinajstić information content (AvgIpc) is 2.50. The number of alkyl halides is 3. The number of fused-ring (bicyclic) bond motifs is 1. The lowest BCUT2D eigenvalue weighted by Gasteiger charge is -2.07. The number of hydrogen-bond donors (Lipinski definition) is 1. The Labute approximate surface area is 77.7 Å². The number of benzene rings is 1. The zero-order chi connectivity index (χ0) is 10.3. The van der Waals surface area contributed by atoms with E-state index in [0.717, 1.165) is 17.5 Å². The smallest absolute Gasteiger partial charge is 0.278 e. The van der Waals surface area contributed by atoms with Crippen LogP contribution < -0.4 is 0 Å². The van der Waals surface area contributed by atoms with Gasteiger partial charge in [-0.15, -0.1) is 0 Å². The van der Waals surface area contributed by atoms with E-state index in [-0.39, 0.29) is 0 Å². The predicted molar refractivity (Wildman–Crippen MR) is 45.8 cm³/mol. The molecule has 0 saturated carbocycles. The third kappa shape index (κ3) is 1.34. The van der Waals surface area contributed by atoms with E-state index in [1.54, 1.807) is 6.92 Å². The Hall–Kier alpha value is -1.52. The minimum atomic E-state index is -4.30. The fourth-order valence-corrected chi connectivity index (χ4v) is 1.39. The predicted octanol–water partition coefficient (Wildman–Crippen LogP) is 2.89. The average molecular weight is 200 g/mol. The maximum absolute atomic E-state index is 12.4. The SMILES string of the molecule is Cc1cc(C(F)(F)F)cc2[nH]ncc12.